The zero-order valence-corrected chi connectivity index (χ0v) is 13.1. The smallest absolute Gasteiger partial charge is 0.134 e. The van der Waals surface area contributed by atoms with E-state index in [1.54, 1.807) is 0 Å². The number of halogens is 1. The molecule has 0 spiro atoms. The Morgan fingerprint density at radius 1 is 1.15 bits per heavy atom. The van der Waals surface area contributed by atoms with Crippen molar-refractivity contribution in [3.63, 3.8) is 0 Å². The van der Waals surface area contributed by atoms with Crippen molar-refractivity contribution in [2.24, 2.45) is 12.8 Å². The van der Waals surface area contributed by atoms with Crippen LogP contribution in [-0.2, 0) is 12.6 Å². The Bertz CT molecular complexity index is 760. The van der Waals surface area contributed by atoms with Crippen molar-refractivity contribution in [3.8, 4) is 0 Å². The van der Waals surface area contributed by atoms with Crippen molar-refractivity contribution in [1.29, 1.82) is 0 Å². The molecule has 0 saturated carbocycles. The van der Waals surface area contributed by atoms with Crippen molar-refractivity contribution in [3.05, 3.63) is 64.4 Å². The molecule has 2 N–H and O–H groups in total. The van der Waals surface area contributed by atoms with Gasteiger partial charge in [0.15, 0.2) is 0 Å². The third-order valence-electron chi connectivity index (χ3n) is 3.68. The van der Waals surface area contributed by atoms with Crippen LogP contribution in [0.2, 0.25) is 0 Å². The highest BCUT2D eigenvalue weighted by atomic mass is 79.9. The monoisotopic (exact) mass is 329 g/mol. The van der Waals surface area contributed by atoms with Crippen LogP contribution in [-0.4, -0.2) is 9.55 Å². The number of hydrogen-bond donors (Lipinski definition) is 1. The van der Waals surface area contributed by atoms with Crippen LogP contribution < -0.4 is 5.73 Å². The summed E-state index contributed by atoms with van der Waals surface area (Å²) in [6.45, 7) is 2.00. The number of nitrogens with two attached hydrogens (primary N) is 1. The fourth-order valence-electron chi connectivity index (χ4n) is 2.55. The van der Waals surface area contributed by atoms with Crippen molar-refractivity contribution in [2.45, 2.75) is 12.5 Å². The van der Waals surface area contributed by atoms with Gasteiger partial charge in [-0.1, -0.05) is 46.3 Å². The van der Waals surface area contributed by atoms with Gasteiger partial charge in [0.2, 0.25) is 0 Å². The Morgan fingerprint density at radius 2 is 1.85 bits per heavy atom. The molecule has 1 heterocycles. The van der Waals surface area contributed by atoms with Crippen LogP contribution in [0.3, 0.4) is 0 Å². The zero-order chi connectivity index (χ0) is 14.3. The molecule has 0 amide bonds. The first-order chi connectivity index (χ1) is 9.50. The molecular weight excluding hydrogens is 314 g/mol. The SMILES string of the molecule is Cn1c(C(C)(N)c2ccccc2)nc2cc(Br)ccc21. The third-order valence-corrected chi connectivity index (χ3v) is 4.17. The highest BCUT2D eigenvalue weighted by Gasteiger charge is 2.29. The van der Waals surface area contributed by atoms with Crippen LogP contribution in [0.1, 0.15) is 18.3 Å². The summed E-state index contributed by atoms with van der Waals surface area (Å²) in [5.41, 5.74) is 9.02. The molecule has 102 valence electrons. The molecule has 4 heteroatoms. The van der Waals surface area contributed by atoms with Crippen molar-refractivity contribution in [1.82, 2.24) is 9.55 Å². The van der Waals surface area contributed by atoms with Gasteiger partial charge in [-0.25, -0.2) is 4.98 Å². The van der Waals surface area contributed by atoms with Crippen molar-refractivity contribution in [2.75, 3.05) is 0 Å². The van der Waals surface area contributed by atoms with E-state index in [-0.39, 0.29) is 0 Å². The first-order valence-electron chi connectivity index (χ1n) is 6.47. The van der Waals surface area contributed by atoms with Gasteiger partial charge >= 0.3 is 0 Å². The van der Waals surface area contributed by atoms with Crippen molar-refractivity contribution >= 4 is 27.0 Å². The van der Waals surface area contributed by atoms with Gasteiger partial charge in [0.25, 0.3) is 0 Å². The lowest BCUT2D eigenvalue weighted by Crippen LogP contribution is -2.37. The van der Waals surface area contributed by atoms with E-state index in [1.165, 1.54) is 0 Å². The maximum absolute atomic E-state index is 6.57. The number of hydrogen-bond acceptors (Lipinski definition) is 2. The summed E-state index contributed by atoms with van der Waals surface area (Å²) >= 11 is 3.48. The van der Waals surface area contributed by atoms with Crippen LogP contribution >= 0.6 is 15.9 Å². The Morgan fingerprint density at radius 3 is 2.55 bits per heavy atom. The molecule has 0 aliphatic heterocycles. The fourth-order valence-corrected chi connectivity index (χ4v) is 2.90. The maximum atomic E-state index is 6.57. The van der Waals surface area contributed by atoms with E-state index >= 15 is 0 Å². The molecule has 0 radical (unpaired) electrons. The molecule has 1 unspecified atom stereocenters. The summed E-state index contributed by atoms with van der Waals surface area (Å²) in [6.07, 6.45) is 0. The van der Waals surface area contributed by atoms with Gasteiger partial charge in [0.1, 0.15) is 5.82 Å². The lowest BCUT2D eigenvalue weighted by molar-refractivity contribution is 0.538. The second-order valence-electron chi connectivity index (χ2n) is 5.20. The zero-order valence-electron chi connectivity index (χ0n) is 11.5. The third kappa shape index (κ3) is 2.05. The predicted octanol–water partition coefficient (Wildman–Crippen LogP) is 3.56. The van der Waals surface area contributed by atoms with Gasteiger partial charge in [0, 0.05) is 11.5 Å². The van der Waals surface area contributed by atoms with Gasteiger partial charge in [-0.3, -0.25) is 0 Å². The molecule has 3 nitrogen and oxygen atoms in total. The quantitative estimate of drug-likeness (QED) is 0.781. The molecular formula is C16H16BrN3. The number of nitrogens with zero attached hydrogens (tertiary/aromatic N) is 2. The summed E-state index contributed by atoms with van der Waals surface area (Å²) in [5.74, 6) is 0.858. The number of aryl methyl sites for hydroxylation is 1. The van der Waals surface area contributed by atoms with E-state index in [2.05, 4.69) is 26.6 Å². The topological polar surface area (TPSA) is 43.8 Å². The molecule has 3 aromatic rings. The molecule has 20 heavy (non-hydrogen) atoms. The molecule has 0 bridgehead atoms. The minimum Gasteiger partial charge on any atom is -0.329 e. The Labute approximate surface area is 126 Å². The molecule has 0 aliphatic carbocycles. The number of fused-ring (bicyclic) bond motifs is 1. The van der Waals surface area contributed by atoms with Gasteiger partial charge in [-0.2, -0.15) is 0 Å². The molecule has 3 rings (SSSR count). The van der Waals surface area contributed by atoms with Crippen LogP contribution in [0.5, 0.6) is 0 Å². The average Bonchev–Trinajstić information content (AvgIpc) is 2.77. The second-order valence-corrected chi connectivity index (χ2v) is 6.11. The molecule has 1 atom stereocenters. The van der Waals surface area contributed by atoms with E-state index in [0.717, 1.165) is 26.9 Å². The number of imidazole rings is 1. The van der Waals surface area contributed by atoms with Crippen LogP contribution in [0.25, 0.3) is 11.0 Å². The van der Waals surface area contributed by atoms with Gasteiger partial charge in [-0.15, -0.1) is 0 Å². The highest BCUT2D eigenvalue weighted by Crippen LogP contribution is 2.29. The van der Waals surface area contributed by atoms with Crippen LogP contribution in [0.4, 0.5) is 0 Å². The van der Waals surface area contributed by atoms with Gasteiger partial charge in [-0.05, 0) is 30.7 Å². The normalized spacial score (nSPS) is 14.4. The van der Waals surface area contributed by atoms with Crippen molar-refractivity contribution < 1.29 is 0 Å². The summed E-state index contributed by atoms with van der Waals surface area (Å²) in [4.78, 5) is 4.73. The highest BCUT2D eigenvalue weighted by molar-refractivity contribution is 9.10. The first kappa shape index (κ1) is 13.3. The molecule has 0 aliphatic rings. The van der Waals surface area contributed by atoms with Gasteiger partial charge < -0.3 is 10.3 Å². The first-order valence-corrected chi connectivity index (χ1v) is 7.26. The fraction of sp³-hybridized carbons (Fsp3) is 0.188. The summed E-state index contributed by atoms with van der Waals surface area (Å²) in [6, 6.07) is 16.1. The molecule has 0 saturated heterocycles. The lowest BCUT2D eigenvalue weighted by Gasteiger charge is -2.24. The molecule has 1 aromatic heterocycles. The minimum absolute atomic E-state index is 0.624. The van der Waals surface area contributed by atoms with E-state index in [0.29, 0.717) is 0 Å². The van der Waals surface area contributed by atoms with E-state index in [1.807, 2.05) is 56.4 Å². The number of rotatable bonds is 2. The minimum atomic E-state index is -0.624. The molecule has 2 aromatic carbocycles. The van der Waals surface area contributed by atoms with Crippen LogP contribution in [0.15, 0.2) is 53.0 Å². The summed E-state index contributed by atoms with van der Waals surface area (Å²) in [7, 11) is 2.01. The van der Waals surface area contributed by atoms with Crippen LogP contribution in [0, 0.1) is 0 Å². The lowest BCUT2D eigenvalue weighted by atomic mass is 9.92. The van der Waals surface area contributed by atoms with E-state index < -0.39 is 5.54 Å². The maximum Gasteiger partial charge on any atom is 0.134 e. The standard InChI is InChI=1S/C16H16BrN3/c1-16(18,11-6-4-3-5-7-11)15-19-13-10-12(17)8-9-14(13)20(15)2/h3-10H,18H2,1-2H3. The average molecular weight is 330 g/mol. The summed E-state index contributed by atoms with van der Waals surface area (Å²) in [5, 5.41) is 0. The Hall–Kier alpha value is -1.65. The van der Waals surface area contributed by atoms with E-state index in [9.17, 15) is 0 Å². The largest absolute Gasteiger partial charge is 0.329 e. The second kappa shape index (κ2) is 4.72. The predicted molar refractivity (Wildman–Crippen MR) is 85.5 cm³/mol. The number of benzene rings is 2. The Kier molecular flexibility index (Phi) is 3.15. The molecule has 0 fully saturated rings. The van der Waals surface area contributed by atoms with E-state index in [4.69, 9.17) is 10.7 Å². The number of aromatic nitrogens is 2. The van der Waals surface area contributed by atoms with Gasteiger partial charge in [0.05, 0.1) is 16.6 Å². The Balaban J connectivity index is 2.21. The summed E-state index contributed by atoms with van der Waals surface area (Å²) < 4.78 is 3.09.